The molecule has 1 heteroatoms. The molecule has 26 heavy (non-hydrogen) atoms. The fraction of sp³-hybridized carbons (Fsp3) is 0.720. The molecule has 0 atom stereocenters. The minimum Gasteiger partial charge on any atom is -0.295 e. The Balaban J connectivity index is 3.80. The SMILES string of the molecule is CCCCCCCCCCC(=O)/C=C(\C)CC/C=C(\C)CCC=C(C)C. The van der Waals surface area contributed by atoms with Crippen LogP contribution < -0.4 is 0 Å². The lowest BCUT2D eigenvalue weighted by molar-refractivity contribution is -0.114. The number of carbonyl (C=O) groups excluding carboxylic acids is 1. The molecular weight excluding hydrogens is 316 g/mol. The molecule has 0 aliphatic rings. The summed E-state index contributed by atoms with van der Waals surface area (Å²) < 4.78 is 0. The molecule has 0 saturated heterocycles. The molecule has 0 amide bonds. The zero-order valence-corrected chi connectivity index (χ0v) is 18.3. The predicted octanol–water partition coefficient (Wildman–Crippen LogP) is 8.51. The Morgan fingerprint density at radius 3 is 1.81 bits per heavy atom. The van der Waals surface area contributed by atoms with Gasteiger partial charge in [-0.25, -0.2) is 0 Å². The molecule has 0 aromatic carbocycles. The number of hydrogen-bond acceptors (Lipinski definition) is 1. The van der Waals surface area contributed by atoms with E-state index < -0.39 is 0 Å². The Morgan fingerprint density at radius 2 is 1.19 bits per heavy atom. The van der Waals surface area contributed by atoms with Crippen LogP contribution in [0.15, 0.2) is 34.9 Å². The smallest absolute Gasteiger partial charge is 0.155 e. The average molecular weight is 361 g/mol. The predicted molar refractivity (Wildman–Crippen MR) is 118 cm³/mol. The summed E-state index contributed by atoms with van der Waals surface area (Å²) >= 11 is 0. The van der Waals surface area contributed by atoms with E-state index in [0.29, 0.717) is 5.78 Å². The van der Waals surface area contributed by atoms with Crippen molar-refractivity contribution in [3.05, 3.63) is 34.9 Å². The van der Waals surface area contributed by atoms with Gasteiger partial charge in [0.25, 0.3) is 0 Å². The van der Waals surface area contributed by atoms with Crippen molar-refractivity contribution < 1.29 is 4.79 Å². The number of carbonyl (C=O) groups is 1. The Hall–Kier alpha value is -1.11. The van der Waals surface area contributed by atoms with E-state index >= 15 is 0 Å². The summed E-state index contributed by atoms with van der Waals surface area (Å²) in [6, 6.07) is 0. The second-order valence-electron chi connectivity index (χ2n) is 8.09. The number of unbranched alkanes of at least 4 members (excludes halogenated alkanes) is 7. The maximum atomic E-state index is 12.0. The van der Waals surface area contributed by atoms with E-state index in [1.54, 1.807) is 0 Å². The van der Waals surface area contributed by atoms with Crippen LogP contribution in [0.3, 0.4) is 0 Å². The molecule has 0 N–H and O–H groups in total. The highest BCUT2D eigenvalue weighted by atomic mass is 16.1. The number of allylic oxidation sites excluding steroid dienone is 6. The van der Waals surface area contributed by atoms with Gasteiger partial charge >= 0.3 is 0 Å². The maximum absolute atomic E-state index is 12.0. The summed E-state index contributed by atoms with van der Waals surface area (Å²) in [5.41, 5.74) is 4.08. The summed E-state index contributed by atoms with van der Waals surface area (Å²) in [7, 11) is 0. The standard InChI is InChI=1S/C25H44O/c1-6-7-8-9-10-11-12-13-20-25(26)21-24(5)19-15-18-23(4)17-14-16-22(2)3/h16,18,21H,6-15,17,19-20H2,1-5H3/b23-18+,24-21+. The van der Waals surface area contributed by atoms with Crippen molar-refractivity contribution in [3.8, 4) is 0 Å². The highest BCUT2D eigenvalue weighted by molar-refractivity contribution is 5.90. The Labute approximate surface area is 164 Å². The molecule has 0 spiro atoms. The molecule has 0 aromatic rings. The second-order valence-corrected chi connectivity index (χ2v) is 8.09. The molecule has 0 rings (SSSR count). The van der Waals surface area contributed by atoms with E-state index in [2.05, 4.69) is 46.8 Å². The lowest BCUT2D eigenvalue weighted by atomic mass is 10.0. The second kappa shape index (κ2) is 17.3. The highest BCUT2D eigenvalue weighted by Gasteiger charge is 2.00. The topological polar surface area (TPSA) is 17.1 Å². The first-order valence-corrected chi connectivity index (χ1v) is 10.9. The van der Waals surface area contributed by atoms with Crippen molar-refractivity contribution in [3.63, 3.8) is 0 Å². The van der Waals surface area contributed by atoms with Crippen LogP contribution in [0.25, 0.3) is 0 Å². The fourth-order valence-electron chi connectivity index (χ4n) is 3.09. The van der Waals surface area contributed by atoms with E-state index in [1.807, 2.05) is 6.08 Å². The molecule has 0 fully saturated rings. The van der Waals surface area contributed by atoms with Crippen molar-refractivity contribution in [2.24, 2.45) is 0 Å². The molecule has 0 saturated carbocycles. The van der Waals surface area contributed by atoms with Gasteiger partial charge in [-0.3, -0.25) is 4.79 Å². The largest absolute Gasteiger partial charge is 0.295 e. The number of rotatable bonds is 16. The molecule has 0 bridgehead atoms. The van der Waals surface area contributed by atoms with Gasteiger partial charge in [0.15, 0.2) is 5.78 Å². The summed E-state index contributed by atoms with van der Waals surface area (Å²) in [6.07, 6.45) is 21.9. The third-order valence-corrected chi connectivity index (χ3v) is 4.81. The van der Waals surface area contributed by atoms with Crippen LogP contribution in [-0.4, -0.2) is 5.78 Å². The van der Waals surface area contributed by atoms with Crippen molar-refractivity contribution in [2.45, 2.75) is 118 Å². The van der Waals surface area contributed by atoms with Crippen LogP contribution in [0.2, 0.25) is 0 Å². The van der Waals surface area contributed by atoms with Crippen LogP contribution in [0.5, 0.6) is 0 Å². The summed E-state index contributed by atoms with van der Waals surface area (Å²) in [4.78, 5) is 12.0. The minimum atomic E-state index is 0.317. The van der Waals surface area contributed by atoms with Crippen molar-refractivity contribution in [1.82, 2.24) is 0 Å². The molecular formula is C25H44O. The van der Waals surface area contributed by atoms with E-state index in [0.717, 1.165) is 38.5 Å². The molecule has 0 unspecified atom stereocenters. The van der Waals surface area contributed by atoms with Gasteiger partial charge in [-0.2, -0.15) is 0 Å². The minimum absolute atomic E-state index is 0.317. The summed E-state index contributed by atoms with van der Waals surface area (Å²) in [5.74, 6) is 0.317. The van der Waals surface area contributed by atoms with Gasteiger partial charge in [-0.05, 0) is 65.9 Å². The molecule has 0 radical (unpaired) electrons. The molecule has 0 aromatic heterocycles. The molecule has 0 aliphatic carbocycles. The lowest BCUT2D eigenvalue weighted by Gasteiger charge is -2.02. The maximum Gasteiger partial charge on any atom is 0.155 e. The van der Waals surface area contributed by atoms with Crippen LogP contribution in [0, 0.1) is 0 Å². The van der Waals surface area contributed by atoms with Gasteiger partial charge in [0.2, 0.25) is 0 Å². The lowest BCUT2D eigenvalue weighted by Crippen LogP contribution is -1.94. The van der Waals surface area contributed by atoms with Crippen molar-refractivity contribution in [1.29, 1.82) is 0 Å². The average Bonchev–Trinajstić information content (AvgIpc) is 2.56. The van der Waals surface area contributed by atoms with Gasteiger partial charge in [-0.15, -0.1) is 0 Å². The molecule has 0 aliphatic heterocycles. The highest BCUT2D eigenvalue weighted by Crippen LogP contribution is 2.13. The van der Waals surface area contributed by atoms with Crippen LogP contribution in [0.4, 0.5) is 0 Å². The van der Waals surface area contributed by atoms with Crippen molar-refractivity contribution in [2.75, 3.05) is 0 Å². The Morgan fingerprint density at radius 1 is 0.654 bits per heavy atom. The van der Waals surface area contributed by atoms with Gasteiger partial charge in [0.1, 0.15) is 0 Å². The monoisotopic (exact) mass is 360 g/mol. The zero-order chi connectivity index (χ0) is 19.6. The third kappa shape index (κ3) is 17.7. The summed E-state index contributed by atoms with van der Waals surface area (Å²) in [5, 5.41) is 0. The first kappa shape index (κ1) is 24.9. The van der Waals surface area contributed by atoms with E-state index in [1.165, 1.54) is 61.7 Å². The quantitative estimate of drug-likeness (QED) is 0.153. The van der Waals surface area contributed by atoms with E-state index in [4.69, 9.17) is 0 Å². The van der Waals surface area contributed by atoms with Crippen molar-refractivity contribution >= 4 is 5.78 Å². The molecule has 150 valence electrons. The number of ketones is 1. The fourth-order valence-corrected chi connectivity index (χ4v) is 3.09. The van der Waals surface area contributed by atoms with Gasteiger partial charge in [-0.1, -0.05) is 80.7 Å². The first-order chi connectivity index (χ1) is 12.5. The van der Waals surface area contributed by atoms with E-state index in [-0.39, 0.29) is 0 Å². The van der Waals surface area contributed by atoms with Gasteiger partial charge < -0.3 is 0 Å². The van der Waals surface area contributed by atoms with Crippen LogP contribution in [-0.2, 0) is 4.79 Å². The zero-order valence-electron chi connectivity index (χ0n) is 18.3. The number of hydrogen-bond donors (Lipinski definition) is 0. The van der Waals surface area contributed by atoms with E-state index in [9.17, 15) is 4.79 Å². The van der Waals surface area contributed by atoms with Crippen LogP contribution >= 0.6 is 0 Å². The molecule has 1 nitrogen and oxygen atoms in total. The first-order valence-electron chi connectivity index (χ1n) is 10.9. The molecule has 0 heterocycles. The Bertz CT molecular complexity index is 447. The van der Waals surface area contributed by atoms with Crippen LogP contribution in [0.1, 0.15) is 118 Å². The third-order valence-electron chi connectivity index (χ3n) is 4.81. The summed E-state index contributed by atoms with van der Waals surface area (Å²) in [6.45, 7) is 10.9. The Kier molecular flexibility index (Phi) is 16.6. The van der Waals surface area contributed by atoms with Gasteiger partial charge in [0.05, 0.1) is 0 Å². The van der Waals surface area contributed by atoms with Gasteiger partial charge in [0, 0.05) is 6.42 Å². The normalized spacial score (nSPS) is 12.3.